The van der Waals surface area contributed by atoms with Crippen LogP contribution in [0.4, 0.5) is 5.69 Å². The molecule has 0 radical (unpaired) electrons. The van der Waals surface area contributed by atoms with E-state index in [1.165, 1.54) is 23.5 Å². The van der Waals surface area contributed by atoms with Gasteiger partial charge in [0.05, 0.1) is 35.1 Å². The second-order valence-corrected chi connectivity index (χ2v) is 7.84. The first-order chi connectivity index (χ1) is 14.1. The molecule has 1 N–H and O–H groups in total. The standard InChI is InChI=1S/C20H19N5O2S2/c1-3-10-25-19(15-8-11-27-14(15)2)23-24-20(25)29-13-18(26)22-16-6-4-5-7-17(16)28-12-9-21/h3-8,11H,1,10,12-13H2,2H3,(H,22,26). The quantitative estimate of drug-likeness (QED) is 0.401. The van der Waals surface area contributed by atoms with Gasteiger partial charge in [0, 0.05) is 11.4 Å². The molecule has 2 aromatic heterocycles. The third-order valence-corrected chi connectivity index (χ3v) is 5.82. The van der Waals surface area contributed by atoms with E-state index in [2.05, 4.69) is 28.2 Å². The molecule has 0 aliphatic carbocycles. The second kappa shape index (κ2) is 10.0. The van der Waals surface area contributed by atoms with Crippen LogP contribution in [0.25, 0.3) is 11.4 Å². The number of carbonyl (C=O) groups is 1. The fourth-order valence-corrected chi connectivity index (χ4v) is 4.04. The van der Waals surface area contributed by atoms with Crippen LogP contribution in [0, 0.1) is 18.3 Å². The van der Waals surface area contributed by atoms with Gasteiger partial charge < -0.3 is 9.73 Å². The summed E-state index contributed by atoms with van der Waals surface area (Å²) in [6.45, 7) is 6.18. The number of furan rings is 1. The summed E-state index contributed by atoms with van der Waals surface area (Å²) in [6.07, 6.45) is 3.37. The average molecular weight is 426 g/mol. The van der Waals surface area contributed by atoms with E-state index in [1.807, 2.05) is 41.8 Å². The Morgan fingerprint density at radius 2 is 2.17 bits per heavy atom. The lowest BCUT2D eigenvalue weighted by atomic mass is 10.2. The minimum atomic E-state index is -0.158. The lowest BCUT2D eigenvalue weighted by Crippen LogP contribution is -2.15. The fourth-order valence-electron chi connectivity index (χ4n) is 2.63. The molecule has 0 unspecified atom stereocenters. The van der Waals surface area contributed by atoms with Crippen molar-refractivity contribution in [2.75, 3.05) is 16.8 Å². The molecule has 29 heavy (non-hydrogen) atoms. The smallest absolute Gasteiger partial charge is 0.234 e. The Morgan fingerprint density at radius 1 is 1.34 bits per heavy atom. The Balaban J connectivity index is 1.70. The van der Waals surface area contributed by atoms with Crippen molar-refractivity contribution in [1.29, 1.82) is 5.26 Å². The highest BCUT2D eigenvalue weighted by Gasteiger charge is 2.18. The minimum Gasteiger partial charge on any atom is -0.469 e. The number of nitrogens with one attached hydrogen (secondary N) is 1. The number of allylic oxidation sites excluding steroid dienone is 1. The van der Waals surface area contributed by atoms with Crippen LogP contribution in [0.2, 0.25) is 0 Å². The molecule has 148 valence electrons. The van der Waals surface area contributed by atoms with Crippen LogP contribution in [0.3, 0.4) is 0 Å². The summed E-state index contributed by atoms with van der Waals surface area (Å²) in [5.74, 6) is 1.77. The van der Waals surface area contributed by atoms with E-state index < -0.39 is 0 Å². The van der Waals surface area contributed by atoms with Gasteiger partial charge in [-0.2, -0.15) is 5.26 Å². The molecule has 1 amide bonds. The largest absolute Gasteiger partial charge is 0.469 e. The van der Waals surface area contributed by atoms with Crippen LogP contribution < -0.4 is 5.32 Å². The Kier molecular flexibility index (Phi) is 7.16. The van der Waals surface area contributed by atoms with Crippen LogP contribution in [-0.4, -0.2) is 32.2 Å². The fraction of sp³-hybridized carbons (Fsp3) is 0.200. The molecule has 2 heterocycles. The highest BCUT2D eigenvalue weighted by Crippen LogP contribution is 2.29. The molecule has 0 fully saturated rings. The van der Waals surface area contributed by atoms with Gasteiger partial charge in [0.25, 0.3) is 0 Å². The van der Waals surface area contributed by atoms with Gasteiger partial charge in [-0.1, -0.05) is 30.0 Å². The maximum Gasteiger partial charge on any atom is 0.234 e. The molecule has 0 atom stereocenters. The van der Waals surface area contributed by atoms with Crippen LogP contribution in [0.5, 0.6) is 0 Å². The van der Waals surface area contributed by atoms with Crippen LogP contribution >= 0.6 is 23.5 Å². The summed E-state index contributed by atoms with van der Waals surface area (Å²) in [6, 6.07) is 11.4. The summed E-state index contributed by atoms with van der Waals surface area (Å²) < 4.78 is 7.27. The number of aromatic nitrogens is 3. The molecular weight excluding hydrogens is 406 g/mol. The summed E-state index contributed by atoms with van der Waals surface area (Å²) >= 11 is 2.69. The summed E-state index contributed by atoms with van der Waals surface area (Å²) in [5, 5.41) is 20.8. The van der Waals surface area contributed by atoms with Crippen molar-refractivity contribution in [2.24, 2.45) is 0 Å². The zero-order valence-electron chi connectivity index (χ0n) is 15.8. The summed E-state index contributed by atoms with van der Waals surface area (Å²) in [4.78, 5) is 13.3. The zero-order valence-corrected chi connectivity index (χ0v) is 17.4. The summed E-state index contributed by atoms with van der Waals surface area (Å²) in [5.41, 5.74) is 1.56. The number of para-hydroxylation sites is 1. The summed E-state index contributed by atoms with van der Waals surface area (Å²) in [7, 11) is 0. The number of hydrogen-bond acceptors (Lipinski definition) is 7. The number of amides is 1. The van der Waals surface area contributed by atoms with Crippen molar-refractivity contribution in [3.63, 3.8) is 0 Å². The number of benzene rings is 1. The Hall–Kier alpha value is -2.96. The molecule has 0 saturated carbocycles. The first-order valence-electron chi connectivity index (χ1n) is 8.74. The molecule has 0 saturated heterocycles. The highest BCUT2D eigenvalue weighted by atomic mass is 32.2. The van der Waals surface area contributed by atoms with Crippen molar-refractivity contribution in [3.05, 3.63) is 55.0 Å². The number of aryl methyl sites for hydroxylation is 1. The van der Waals surface area contributed by atoms with Gasteiger partial charge in [0.1, 0.15) is 5.76 Å². The van der Waals surface area contributed by atoms with E-state index in [9.17, 15) is 4.79 Å². The van der Waals surface area contributed by atoms with Crippen LogP contribution in [-0.2, 0) is 11.3 Å². The van der Waals surface area contributed by atoms with Crippen molar-refractivity contribution in [2.45, 2.75) is 23.5 Å². The molecule has 9 heteroatoms. The SMILES string of the molecule is C=CCn1c(SCC(=O)Nc2ccccc2SCC#N)nnc1-c1ccoc1C. The average Bonchev–Trinajstić information content (AvgIpc) is 3.31. The van der Waals surface area contributed by atoms with E-state index in [0.717, 1.165) is 16.2 Å². The van der Waals surface area contributed by atoms with Gasteiger partial charge in [-0.25, -0.2) is 0 Å². The van der Waals surface area contributed by atoms with E-state index in [4.69, 9.17) is 9.68 Å². The predicted octanol–water partition coefficient (Wildman–Crippen LogP) is 4.38. The molecule has 1 aromatic carbocycles. The van der Waals surface area contributed by atoms with E-state index in [0.29, 0.717) is 29.0 Å². The number of carbonyl (C=O) groups excluding carboxylic acids is 1. The van der Waals surface area contributed by atoms with Crippen molar-refractivity contribution in [1.82, 2.24) is 14.8 Å². The van der Waals surface area contributed by atoms with Crippen molar-refractivity contribution in [3.8, 4) is 17.5 Å². The van der Waals surface area contributed by atoms with E-state index in [1.54, 1.807) is 12.3 Å². The number of hydrogen-bond donors (Lipinski definition) is 1. The van der Waals surface area contributed by atoms with Crippen LogP contribution in [0.15, 0.2) is 63.7 Å². The third kappa shape index (κ3) is 5.10. The predicted molar refractivity (Wildman–Crippen MR) is 115 cm³/mol. The molecule has 0 bridgehead atoms. The normalized spacial score (nSPS) is 10.5. The number of rotatable bonds is 9. The Morgan fingerprint density at radius 3 is 2.90 bits per heavy atom. The third-order valence-electron chi connectivity index (χ3n) is 3.91. The number of nitriles is 1. The Bertz CT molecular complexity index is 1050. The molecule has 0 spiro atoms. The monoisotopic (exact) mass is 425 g/mol. The number of thioether (sulfide) groups is 2. The lowest BCUT2D eigenvalue weighted by Gasteiger charge is -2.10. The topological polar surface area (TPSA) is 96.7 Å². The Labute approximate surface area is 177 Å². The molecule has 0 aliphatic heterocycles. The van der Waals surface area contributed by atoms with Gasteiger partial charge in [-0.15, -0.1) is 28.5 Å². The first-order valence-corrected chi connectivity index (χ1v) is 10.7. The molecule has 7 nitrogen and oxygen atoms in total. The van der Waals surface area contributed by atoms with Gasteiger partial charge >= 0.3 is 0 Å². The minimum absolute atomic E-state index is 0.158. The van der Waals surface area contributed by atoms with Gasteiger partial charge in [-0.05, 0) is 25.1 Å². The first kappa shape index (κ1) is 20.8. The maximum atomic E-state index is 12.5. The maximum absolute atomic E-state index is 12.5. The van der Waals surface area contributed by atoms with Gasteiger partial charge in [0.15, 0.2) is 11.0 Å². The molecular formula is C20H19N5O2S2. The van der Waals surface area contributed by atoms with Gasteiger partial charge in [-0.3, -0.25) is 9.36 Å². The van der Waals surface area contributed by atoms with Crippen molar-refractivity contribution < 1.29 is 9.21 Å². The zero-order chi connectivity index (χ0) is 20.6. The van der Waals surface area contributed by atoms with Crippen LogP contribution in [0.1, 0.15) is 5.76 Å². The second-order valence-electron chi connectivity index (χ2n) is 5.88. The molecule has 3 rings (SSSR count). The molecule has 0 aliphatic rings. The van der Waals surface area contributed by atoms with Gasteiger partial charge in [0.2, 0.25) is 5.91 Å². The lowest BCUT2D eigenvalue weighted by molar-refractivity contribution is -0.113. The van der Waals surface area contributed by atoms with E-state index >= 15 is 0 Å². The molecule has 3 aromatic rings. The van der Waals surface area contributed by atoms with Crippen molar-refractivity contribution >= 4 is 35.1 Å². The highest BCUT2D eigenvalue weighted by molar-refractivity contribution is 8.00. The van der Waals surface area contributed by atoms with E-state index in [-0.39, 0.29) is 11.7 Å². The number of anilines is 1. The number of nitrogens with zero attached hydrogens (tertiary/aromatic N) is 4.